The quantitative estimate of drug-likeness (QED) is 0.801. The summed E-state index contributed by atoms with van der Waals surface area (Å²) in [6.45, 7) is 5.43. The average molecular weight is 235 g/mol. The molecule has 1 amide bonds. The number of carbonyl (C=O) groups excluding carboxylic acids is 1. The number of hydrogen-bond acceptors (Lipinski definition) is 3. The molecule has 1 rings (SSSR count). The van der Waals surface area contributed by atoms with E-state index in [4.69, 9.17) is 5.73 Å². The Kier molecular flexibility index (Phi) is 4.97. The van der Waals surface area contributed by atoms with Gasteiger partial charge >= 0.3 is 0 Å². The Balaban J connectivity index is 2.83. The van der Waals surface area contributed by atoms with Crippen LogP contribution in [0.2, 0.25) is 0 Å². The number of nitrogens with two attached hydrogens (primary N) is 1. The number of hydrogen-bond donors (Lipinski definition) is 2. The predicted molar refractivity (Wildman–Crippen MR) is 71.0 cm³/mol. The van der Waals surface area contributed by atoms with Gasteiger partial charge in [0.2, 0.25) is 5.91 Å². The van der Waals surface area contributed by atoms with Crippen LogP contribution in [-0.4, -0.2) is 26.0 Å². The molecule has 0 radical (unpaired) electrons. The lowest BCUT2D eigenvalue weighted by atomic mass is 10.1. The van der Waals surface area contributed by atoms with E-state index in [9.17, 15) is 4.79 Å². The minimum atomic E-state index is 0.0273. The molecule has 0 aliphatic rings. The average Bonchev–Trinajstić information content (AvgIpc) is 2.29. The van der Waals surface area contributed by atoms with Crippen molar-refractivity contribution in [3.05, 3.63) is 29.3 Å². The standard InChI is InChI=1S/C13H21N3O/c1-4-15-13(17)9-16(3)12-7-10(2)5-6-11(12)8-14/h5-7H,4,8-9,14H2,1-3H3,(H,15,17). The molecule has 0 aliphatic heterocycles. The summed E-state index contributed by atoms with van der Waals surface area (Å²) in [5.74, 6) is 0.0273. The van der Waals surface area contributed by atoms with E-state index in [1.54, 1.807) is 0 Å². The Bertz CT molecular complexity index is 390. The summed E-state index contributed by atoms with van der Waals surface area (Å²) >= 11 is 0. The number of likely N-dealkylation sites (N-methyl/N-ethyl adjacent to an activating group) is 2. The maximum atomic E-state index is 11.5. The smallest absolute Gasteiger partial charge is 0.239 e. The van der Waals surface area contributed by atoms with Gasteiger partial charge in [0.15, 0.2) is 0 Å². The molecule has 0 unspecified atom stereocenters. The Hall–Kier alpha value is -1.55. The van der Waals surface area contributed by atoms with E-state index in [2.05, 4.69) is 11.4 Å². The van der Waals surface area contributed by atoms with Crippen LogP contribution in [-0.2, 0) is 11.3 Å². The zero-order valence-electron chi connectivity index (χ0n) is 10.8. The molecular formula is C13H21N3O. The summed E-state index contributed by atoms with van der Waals surface area (Å²) in [6, 6.07) is 6.10. The third kappa shape index (κ3) is 3.75. The van der Waals surface area contributed by atoms with E-state index < -0.39 is 0 Å². The van der Waals surface area contributed by atoms with Gasteiger partial charge < -0.3 is 16.0 Å². The molecule has 0 atom stereocenters. The monoisotopic (exact) mass is 235 g/mol. The minimum Gasteiger partial charge on any atom is -0.365 e. The summed E-state index contributed by atoms with van der Waals surface area (Å²) in [7, 11) is 1.91. The molecule has 0 aliphatic carbocycles. The molecule has 0 saturated heterocycles. The molecule has 0 bridgehead atoms. The number of benzene rings is 1. The topological polar surface area (TPSA) is 58.4 Å². The fourth-order valence-corrected chi connectivity index (χ4v) is 1.76. The van der Waals surface area contributed by atoms with Crippen LogP contribution in [0.15, 0.2) is 18.2 Å². The third-order valence-corrected chi connectivity index (χ3v) is 2.63. The number of aryl methyl sites for hydroxylation is 1. The van der Waals surface area contributed by atoms with Crippen molar-refractivity contribution in [1.29, 1.82) is 0 Å². The first-order valence-electron chi connectivity index (χ1n) is 5.86. The van der Waals surface area contributed by atoms with E-state index >= 15 is 0 Å². The van der Waals surface area contributed by atoms with Crippen molar-refractivity contribution < 1.29 is 4.79 Å². The zero-order valence-corrected chi connectivity index (χ0v) is 10.8. The third-order valence-electron chi connectivity index (χ3n) is 2.63. The van der Waals surface area contributed by atoms with Gasteiger partial charge in [-0.25, -0.2) is 0 Å². The molecule has 3 N–H and O–H groups in total. The van der Waals surface area contributed by atoms with Crippen molar-refractivity contribution in [2.75, 3.05) is 25.0 Å². The molecule has 0 saturated carbocycles. The zero-order chi connectivity index (χ0) is 12.8. The second kappa shape index (κ2) is 6.25. The van der Waals surface area contributed by atoms with Crippen molar-refractivity contribution in [3.8, 4) is 0 Å². The van der Waals surface area contributed by atoms with Gasteiger partial charge in [-0.1, -0.05) is 12.1 Å². The first-order valence-corrected chi connectivity index (χ1v) is 5.86. The van der Waals surface area contributed by atoms with E-state index in [0.29, 0.717) is 19.6 Å². The highest BCUT2D eigenvalue weighted by molar-refractivity contribution is 5.81. The molecular weight excluding hydrogens is 214 g/mol. The van der Waals surface area contributed by atoms with Crippen LogP contribution in [0.5, 0.6) is 0 Å². The van der Waals surface area contributed by atoms with Gasteiger partial charge in [-0.2, -0.15) is 0 Å². The molecule has 4 heteroatoms. The van der Waals surface area contributed by atoms with Crippen LogP contribution in [0.3, 0.4) is 0 Å². The van der Waals surface area contributed by atoms with Gasteiger partial charge in [0.1, 0.15) is 0 Å². The highest BCUT2D eigenvalue weighted by Crippen LogP contribution is 2.20. The van der Waals surface area contributed by atoms with Crippen LogP contribution < -0.4 is 16.0 Å². The van der Waals surface area contributed by atoms with Crippen LogP contribution in [0.4, 0.5) is 5.69 Å². The molecule has 0 aromatic heterocycles. The van der Waals surface area contributed by atoms with Crippen molar-refractivity contribution in [1.82, 2.24) is 5.32 Å². The molecule has 1 aromatic carbocycles. The largest absolute Gasteiger partial charge is 0.365 e. The van der Waals surface area contributed by atoms with Gasteiger partial charge in [0.05, 0.1) is 6.54 Å². The number of amides is 1. The lowest BCUT2D eigenvalue weighted by Crippen LogP contribution is -2.35. The van der Waals surface area contributed by atoms with Gasteiger partial charge in [0, 0.05) is 25.8 Å². The van der Waals surface area contributed by atoms with Crippen LogP contribution >= 0.6 is 0 Å². The lowest BCUT2D eigenvalue weighted by molar-refractivity contribution is -0.119. The summed E-state index contributed by atoms with van der Waals surface area (Å²) in [5, 5.41) is 2.79. The SMILES string of the molecule is CCNC(=O)CN(C)c1cc(C)ccc1CN. The Morgan fingerprint density at radius 3 is 2.76 bits per heavy atom. The second-order valence-corrected chi connectivity index (χ2v) is 4.15. The minimum absolute atomic E-state index is 0.0273. The first kappa shape index (κ1) is 13.5. The molecule has 4 nitrogen and oxygen atoms in total. The van der Waals surface area contributed by atoms with Crippen LogP contribution in [0, 0.1) is 6.92 Å². The number of carbonyl (C=O) groups is 1. The van der Waals surface area contributed by atoms with Crippen molar-refractivity contribution in [2.24, 2.45) is 5.73 Å². The molecule has 1 aromatic rings. The summed E-state index contributed by atoms with van der Waals surface area (Å²) in [4.78, 5) is 13.5. The molecule has 0 heterocycles. The predicted octanol–water partition coefficient (Wildman–Crippen LogP) is 1.03. The van der Waals surface area contributed by atoms with E-state index in [0.717, 1.165) is 11.3 Å². The number of anilines is 1. The van der Waals surface area contributed by atoms with Gasteiger partial charge in [-0.3, -0.25) is 4.79 Å². The normalized spacial score (nSPS) is 10.1. The maximum Gasteiger partial charge on any atom is 0.239 e. The molecule has 94 valence electrons. The highest BCUT2D eigenvalue weighted by Gasteiger charge is 2.10. The Morgan fingerprint density at radius 2 is 2.18 bits per heavy atom. The first-order chi connectivity index (χ1) is 8.08. The van der Waals surface area contributed by atoms with Gasteiger partial charge in [-0.15, -0.1) is 0 Å². The molecule has 0 fully saturated rings. The van der Waals surface area contributed by atoms with E-state index in [1.165, 1.54) is 5.56 Å². The molecule has 17 heavy (non-hydrogen) atoms. The van der Waals surface area contributed by atoms with E-state index in [-0.39, 0.29) is 5.91 Å². The second-order valence-electron chi connectivity index (χ2n) is 4.15. The highest BCUT2D eigenvalue weighted by atomic mass is 16.1. The van der Waals surface area contributed by atoms with Crippen molar-refractivity contribution >= 4 is 11.6 Å². The number of rotatable bonds is 5. The van der Waals surface area contributed by atoms with E-state index in [1.807, 2.05) is 37.9 Å². The van der Waals surface area contributed by atoms with Crippen LogP contribution in [0.25, 0.3) is 0 Å². The fourth-order valence-electron chi connectivity index (χ4n) is 1.76. The maximum absolute atomic E-state index is 11.5. The lowest BCUT2D eigenvalue weighted by Gasteiger charge is -2.22. The summed E-state index contributed by atoms with van der Waals surface area (Å²) < 4.78 is 0. The number of nitrogens with one attached hydrogen (secondary N) is 1. The fraction of sp³-hybridized carbons (Fsp3) is 0.462. The van der Waals surface area contributed by atoms with Crippen LogP contribution in [0.1, 0.15) is 18.1 Å². The molecule has 0 spiro atoms. The Labute approximate surface area is 103 Å². The number of nitrogens with zero attached hydrogens (tertiary/aromatic N) is 1. The Morgan fingerprint density at radius 1 is 1.47 bits per heavy atom. The summed E-state index contributed by atoms with van der Waals surface area (Å²) in [5.41, 5.74) is 8.95. The van der Waals surface area contributed by atoms with Gasteiger partial charge in [0.25, 0.3) is 0 Å². The van der Waals surface area contributed by atoms with Gasteiger partial charge in [-0.05, 0) is 31.0 Å². The summed E-state index contributed by atoms with van der Waals surface area (Å²) in [6.07, 6.45) is 0. The van der Waals surface area contributed by atoms with Crippen molar-refractivity contribution in [3.63, 3.8) is 0 Å². The van der Waals surface area contributed by atoms with Crippen molar-refractivity contribution in [2.45, 2.75) is 20.4 Å².